The number of carbonyl (C=O) groups excluding carboxylic acids is 2. The van der Waals surface area contributed by atoms with Crippen LogP contribution in [0.3, 0.4) is 0 Å². The summed E-state index contributed by atoms with van der Waals surface area (Å²) in [5.74, 6) is -2.54. The lowest BCUT2D eigenvalue weighted by Gasteiger charge is -2.44. The molecule has 0 amide bonds. The van der Waals surface area contributed by atoms with Crippen molar-refractivity contribution >= 4 is 27.5 Å². The first kappa shape index (κ1) is 36.8. The summed E-state index contributed by atoms with van der Waals surface area (Å²) in [6, 6.07) is 13.7. The number of anilines is 1. The third kappa shape index (κ3) is 6.36. The Kier molecular flexibility index (Phi) is 9.70. The number of ether oxygens (including phenoxy) is 3. The van der Waals surface area contributed by atoms with E-state index in [0.717, 1.165) is 29.5 Å². The van der Waals surface area contributed by atoms with Gasteiger partial charge in [0.2, 0.25) is 0 Å². The number of allylic oxidation sites excluding steroid dienone is 1. The smallest absolute Gasteiger partial charge is 0.317 e. The third-order valence-electron chi connectivity index (χ3n) is 12.7. The summed E-state index contributed by atoms with van der Waals surface area (Å²) in [5.41, 5.74) is 2.47. The number of sulfonamides is 1. The van der Waals surface area contributed by atoms with Gasteiger partial charge in [0.1, 0.15) is 17.8 Å². The van der Waals surface area contributed by atoms with Crippen LogP contribution in [-0.2, 0) is 33.8 Å². The summed E-state index contributed by atoms with van der Waals surface area (Å²) in [6.07, 6.45) is 3.85. The van der Waals surface area contributed by atoms with Gasteiger partial charge in [0.15, 0.2) is 5.79 Å². The Morgan fingerprint density at radius 1 is 0.960 bits per heavy atom. The van der Waals surface area contributed by atoms with E-state index < -0.39 is 45.3 Å². The van der Waals surface area contributed by atoms with Crippen LogP contribution in [0.25, 0.3) is 0 Å². The molecule has 3 aliphatic carbocycles. The predicted octanol–water partition coefficient (Wildman–Crippen LogP) is 7.81. The standard InChI is InChI=1S/C41H55NO7S/c1-25(2)31-15-16-34(43)35(32(31)22-28-23-47-40(7,8)48-24-28)38(44)49-37-36(33-17-18-41(37,9)39(33,5)6)42(29-20-26(3)19-27(4)21-29)50(45,46)30-13-11-10-12-14-30/h10-14,19-22,25,31-33,35-37H,15-18,23-24H2,1-9H3/t31-,32-,33-,35+,36+,37+,41+/m1/s1. The summed E-state index contributed by atoms with van der Waals surface area (Å²) >= 11 is 0. The van der Waals surface area contributed by atoms with Gasteiger partial charge in [0, 0.05) is 17.8 Å². The summed E-state index contributed by atoms with van der Waals surface area (Å²) in [4.78, 5) is 28.8. The molecule has 7 atom stereocenters. The van der Waals surface area contributed by atoms with Crippen LogP contribution in [-0.4, -0.2) is 51.3 Å². The van der Waals surface area contributed by atoms with E-state index >= 15 is 0 Å². The zero-order chi connectivity index (χ0) is 36.4. The molecule has 1 aliphatic heterocycles. The van der Waals surface area contributed by atoms with Crippen molar-refractivity contribution in [1.29, 1.82) is 0 Å². The lowest BCUT2D eigenvalue weighted by molar-refractivity contribution is -0.226. The first-order valence-corrected chi connectivity index (χ1v) is 19.7. The van der Waals surface area contributed by atoms with E-state index in [1.165, 1.54) is 0 Å². The molecular formula is C41H55NO7S. The van der Waals surface area contributed by atoms with E-state index in [4.69, 9.17) is 14.2 Å². The quantitative estimate of drug-likeness (QED) is 0.157. The number of carbonyl (C=O) groups is 2. The van der Waals surface area contributed by atoms with Crippen molar-refractivity contribution in [2.45, 2.75) is 111 Å². The van der Waals surface area contributed by atoms with Crippen LogP contribution in [0.15, 0.2) is 65.1 Å². The van der Waals surface area contributed by atoms with Crippen molar-refractivity contribution in [2.75, 3.05) is 17.5 Å². The molecule has 0 aromatic heterocycles. The van der Waals surface area contributed by atoms with Gasteiger partial charge in [-0.3, -0.25) is 13.9 Å². The molecule has 272 valence electrons. The lowest BCUT2D eigenvalue weighted by Crippen LogP contribution is -2.55. The molecule has 0 radical (unpaired) electrons. The van der Waals surface area contributed by atoms with Crippen LogP contribution in [0.5, 0.6) is 0 Å². The van der Waals surface area contributed by atoms with E-state index in [1.54, 1.807) is 34.6 Å². The van der Waals surface area contributed by atoms with Crippen molar-refractivity contribution in [2.24, 2.45) is 40.4 Å². The Balaban J connectivity index is 1.44. The lowest BCUT2D eigenvalue weighted by atomic mass is 9.66. The highest BCUT2D eigenvalue weighted by atomic mass is 32.2. The molecule has 0 N–H and O–H groups in total. The number of benzene rings is 2. The largest absolute Gasteiger partial charge is 0.459 e. The van der Waals surface area contributed by atoms with E-state index in [0.29, 0.717) is 31.7 Å². The number of Topliss-reactive ketones (excluding diaryl/α,β-unsaturated/α-hetero) is 1. The van der Waals surface area contributed by atoms with Gasteiger partial charge in [0.05, 0.1) is 29.8 Å². The normalized spacial score (nSPS) is 31.9. The first-order valence-electron chi connectivity index (χ1n) is 18.3. The van der Waals surface area contributed by atoms with Gasteiger partial charge < -0.3 is 14.2 Å². The predicted molar refractivity (Wildman–Crippen MR) is 194 cm³/mol. The molecule has 2 bridgehead atoms. The second kappa shape index (κ2) is 13.2. The molecule has 0 unspecified atom stereocenters. The topological polar surface area (TPSA) is 99.2 Å². The molecule has 2 aromatic rings. The van der Waals surface area contributed by atoms with E-state index in [-0.39, 0.29) is 39.8 Å². The average molecular weight is 706 g/mol. The Bertz CT molecular complexity index is 1730. The number of nitrogens with zero attached hydrogens (tertiary/aromatic N) is 1. The third-order valence-corrected chi connectivity index (χ3v) is 14.5. The van der Waals surface area contributed by atoms with Crippen LogP contribution in [0, 0.1) is 54.3 Å². The number of aryl methyl sites for hydroxylation is 2. The van der Waals surface area contributed by atoms with E-state index in [9.17, 15) is 18.0 Å². The van der Waals surface area contributed by atoms with Crippen molar-refractivity contribution in [1.82, 2.24) is 0 Å². The van der Waals surface area contributed by atoms with Crippen LogP contribution in [0.4, 0.5) is 5.69 Å². The molecule has 8 nitrogen and oxygen atoms in total. The van der Waals surface area contributed by atoms with E-state index in [1.807, 2.05) is 52.0 Å². The van der Waals surface area contributed by atoms with Gasteiger partial charge in [-0.05, 0) is 111 Å². The fraction of sp³-hybridized carbons (Fsp3) is 0.610. The molecular weight excluding hydrogens is 651 g/mol. The monoisotopic (exact) mass is 705 g/mol. The number of hydrogen-bond acceptors (Lipinski definition) is 7. The number of esters is 1. The van der Waals surface area contributed by atoms with Crippen molar-refractivity contribution in [3.63, 3.8) is 0 Å². The maximum absolute atomic E-state index is 14.9. The Hall–Kier alpha value is -3.01. The summed E-state index contributed by atoms with van der Waals surface area (Å²) < 4.78 is 49.8. The second-order valence-corrected chi connectivity index (χ2v) is 18.7. The molecule has 9 heteroatoms. The molecule has 1 saturated heterocycles. The number of hydrogen-bond donors (Lipinski definition) is 0. The van der Waals surface area contributed by atoms with Crippen molar-refractivity contribution in [3.8, 4) is 0 Å². The van der Waals surface area contributed by atoms with E-state index in [2.05, 4.69) is 34.6 Å². The highest BCUT2D eigenvalue weighted by Gasteiger charge is 2.70. The molecule has 6 rings (SSSR count). The maximum atomic E-state index is 14.9. The van der Waals surface area contributed by atoms with Gasteiger partial charge in [-0.1, -0.05) is 65.0 Å². The molecule has 0 spiro atoms. The molecule has 4 fully saturated rings. The Labute approximate surface area is 299 Å². The minimum atomic E-state index is -4.10. The summed E-state index contributed by atoms with van der Waals surface area (Å²) in [6.45, 7) is 19.2. The summed E-state index contributed by atoms with van der Waals surface area (Å²) in [5, 5.41) is 0. The molecule has 1 heterocycles. The highest BCUT2D eigenvalue weighted by Crippen LogP contribution is 2.68. The fourth-order valence-corrected chi connectivity index (χ4v) is 11.3. The molecule has 2 aromatic carbocycles. The van der Waals surface area contributed by atoms with Crippen LogP contribution >= 0.6 is 0 Å². The zero-order valence-corrected chi connectivity index (χ0v) is 32.0. The van der Waals surface area contributed by atoms with Crippen molar-refractivity contribution < 1.29 is 32.2 Å². The van der Waals surface area contributed by atoms with Crippen LogP contribution in [0.1, 0.15) is 85.3 Å². The highest BCUT2D eigenvalue weighted by molar-refractivity contribution is 7.92. The Morgan fingerprint density at radius 3 is 2.18 bits per heavy atom. The fourth-order valence-electron chi connectivity index (χ4n) is 9.59. The number of fused-ring (bicyclic) bond motifs is 2. The average Bonchev–Trinajstić information content (AvgIpc) is 3.35. The van der Waals surface area contributed by atoms with Crippen LogP contribution in [0.2, 0.25) is 0 Å². The number of rotatable bonds is 8. The molecule has 50 heavy (non-hydrogen) atoms. The van der Waals surface area contributed by atoms with Gasteiger partial charge in [-0.25, -0.2) is 8.42 Å². The van der Waals surface area contributed by atoms with Gasteiger partial charge in [-0.2, -0.15) is 0 Å². The summed E-state index contributed by atoms with van der Waals surface area (Å²) in [7, 11) is -4.10. The van der Waals surface area contributed by atoms with Crippen LogP contribution < -0.4 is 4.31 Å². The zero-order valence-electron chi connectivity index (χ0n) is 31.2. The second-order valence-electron chi connectivity index (χ2n) is 16.9. The van der Waals surface area contributed by atoms with Gasteiger partial charge in [-0.15, -0.1) is 0 Å². The molecule has 4 aliphatic rings. The first-order chi connectivity index (χ1) is 23.4. The number of ketones is 1. The van der Waals surface area contributed by atoms with Crippen molar-refractivity contribution in [3.05, 3.63) is 71.3 Å². The van der Waals surface area contributed by atoms with Gasteiger partial charge in [0.25, 0.3) is 10.0 Å². The SMILES string of the molecule is Cc1cc(C)cc(N([C@H]2[C@H]3CC[C@@](C)([C@H]2OC(=O)[C@@H]2C(=O)CC[C@H](C(C)C)[C@H]2C=C2COC(C)(C)OC2)C3(C)C)S(=O)(=O)c2ccccc2)c1. The minimum absolute atomic E-state index is 0.0840. The molecule has 3 saturated carbocycles. The minimum Gasteiger partial charge on any atom is -0.459 e. The Morgan fingerprint density at radius 2 is 1.58 bits per heavy atom. The van der Waals surface area contributed by atoms with Gasteiger partial charge >= 0.3 is 5.97 Å². The maximum Gasteiger partial charge on any atom is 0.317 e.